The van der Waals surface area contributed by atoms with Crippen LogP contribution in [0.5, 0.6) is 0 Å². The van der Waals surface area contributed by atoms with Gasteiger partial charge >= 0.3 is 244 Å². The molecule has 4 bridgehead atoms. The summed E-state index contributed by atoms with van der Waals surface area (Å²) < 4.78 is 13.0. The van der Waals surface area contributed by atoms with E-state index in [1.807, 2.05) is 0 Å². The van der Waals surface area contributed by atoms with E-state index in [4.69, 9.17) is 4.21 Å². The third-order valence-electron chi connectivity index (χ3n) is 12.4. The molecule has 0 N–H and O–H groups in total. The third kappa shape index (κ3) is 4.35. The first-order valence-corrected chi connectivity index (χ1v) is 23.9. The molecule has 220 valence electrons. The standard InChI is InChI=1S/C18H25.C13H9.C6H5.CH3.CH2.2ClH.Zr/c1-12-3-13(2)17(4-12)11-18-8-14-5-15(9-18)7-16(6-14)10-18;1-3-7-12-10(5-1)9-11-6-2-4-8-13(11)12;1-2-4-6-5-3-1;;;;;/h4,12,14-16H,5-11H2,1-2H3;1-5,7-8H,9H2;1-5H;1H3;1H2;2*1H;. The Hall–Kier alpha value is -1.53. The van der Waals surface area contributed by atoms with Crippen molar-refractivity contribution in [3.63, 3.8) is 0 Å². The number of allylic oxidation sites excluding steroid dienone is 4. The summed E-state index contributed by atoms with van der Waals surface area (Å²) in [5.74, 6) is 3.49. The molecular weight excluding hydrogens is 631 g/mol. The maximum atomic E-state index is 5.54. The summed E-state index contributed by atoms with van der Waals surface area (Å²) in [5.41, 5.74) is 9.76. The van der Waals surface area contributed by atoms with Crippen LogP contribution >= 0.6 is 24.8 Å². The Labute approximate surface area is 266 Å². The van der Waals surface area contributed by atoms with Crippen molar-refractivity contribution < 1.29 is 18.3 Å². The molecule has 0 nitrogen and oxygen atoms in total. The van der Waals surface area contributed by atoms with Crippen molar-refractivity contribution in [3.8, 4) is 11.1 Å². The second-order valence-corrected chi connectivity index (χ2v) is 29.1. The van der Waals surface area contributed by atoms with Crippen LogP contribution in [0.25, 0.3) is 11.1 Å². The summed E-state index contributed by atoms with van der Waals surface area (Å²) in [7, 11) is 0. The number of hydrogen-bond acceptors (Lipinski definition) is 0. The van der Waals surface area contributed by atoms with Crippen molar-refractivity contribution in [2.24, 2.45) is 29.1 Å². The fourth-order valence-electron chi connectivity index (χ4n) is 11.4. The van der Waals surface area contributed by atoms with Gasteiger partial charge in [-0.2, -0.15) is 0 Å². The molecule has 0 spiro atoms. The Kier molecular flexibility index (Phi) is 7.65. The van der Waals surface area contributed by atoms with E-state index in [0.717, 1.165) is 24.2 Å². The molecule has 0 radical (unpaired) electrons. The van der Waals surface area contributed by atoms with Gasteiger partial charge < -0.3 is 0 Å². The van der Waals surface area contributed by atoms with Crippen molar-refractivity contribution in [3.05, 3.63) is 104 Å². The van der Waals surface area contributed by atoms with Crippen LogP contribution < -0.4 is 6.54 Å². The molecule has 0 aliphatic heterocycles. The van der Waals surface area contributed by atoms with E-state index in [2.05, 4.69) is 97.4 Å². The topological polar surface area (TPSA) is 0 Å². The third-order valence-corrected chi connectivity index (χ3v) is 27.4. The van der Waals surface area contributed by atoms with Gasteiger partial charge in [0.05, 0.1) is 0 Å². The molecule has 3 aromatic carbocycles. The fraction of sp³-hybridized carbons (Fsp3) is 0.410. The predicted molar refractivity (Wildman–Crippen MR) is 183 cm³/mol. The average molecular weight is 677 g/mol. The summed E-state index contributed by atoms with van der Waals surface area (Å²) >= 11 is -4.23. The summed E-state index contributed by atoms with van der Waals surface area (Å²) in [6, 6.07) is 27.8. The molecule has 0 amide bonds. The fourth-order valence-corrected chi connectivity index (χ4v) is 26.3. The molecule has 0 heterocycles. The molecule has 0 aromatic heterocycles. The zero-order valence-electron chi connectivity index (χ0n) is 25.5. The molecule has 6 aliphatic rings. The van der Waals surface area contributed by atoms with Crippen LogP contribution in [0.15, 0.2) is 93.3 Å². The minimum absolute atomic E-state index is 0. The SMILES string of the molecule is Cl.Cl.[CH2]=[Zr]([CH3])([C]1=C(C)C(CC23CC4CC(CC(C4)C2)C3)=CC1C)([c]1ccccc1)[c]1cccc2c1Cc1ccccc1-2. The van der Waals surface area contributed by atoms with E-state index in [1.165, 1.54) is 64.9 Å². The zero-order valence-corrected chi connectivity index (χ0v) is 29.6. The average Bonchev–Trinajstić information content (AvgIpc) is 3.44. The molecule has 4 saturated carbocycles. The molecule has 4 fully saturated rings. The van der Waals surface area contributed by atoms with Gasteiger partial charge in [-0.05, 0) is 0 Å². The molecule has 9 rings (SSSR count). The Morgan fingerprint density at radius 3 is 2.05 bits per heavy atom. The number of hydrogen-bond donors (Lipinski definition) is 0. The second-order valence-electron chi connectivity index (χ2n) is 15.2. The zero-order chi connectivity index (χ0) is 27.3. The Morgan fingerprint density at radius 2 is 1.38 bits per heavy atom. The van der Waals surface area contributed by atoms with E-state index in [1.54, 1.807) is 23.3 Å². The van der Waals surface area contributed by atoms with Crippen LogP contribution in [-0.2, 0) is 24.7 Å². The van der Waals surface area contributed by atoms with E-state index in [0.29, 0.717) is 11.3 Å². The predicted octanol–water partition coefficient (Wildman–Crippen LogP) is 9.68. The van der Waals surface area contributed by atoms with Crippen molar-refractivity contribution in [2.45, 2.75) is 69.8 Å². The molecule has 3 aromatic rings. The quantitative estimate of drug-likeness (QED) is 0.198. The van der Waals surface area contributed by atoms with E-state index in [-0.39, 0.29) is 24.8 Å². The van der Waals surface area contributed by atoms with Gasteiger partial charge in [0.2, 0.25) is 0 Å². The van der Waals surface area contributed by atoms with Gasteiger partial charge in [0.15, 0.2) is 0 Å². The van der Waals surface area contributed by atoms with E-state index < -0.39 is 18.3 Å². The molecule has 1 unspecified atom stereocenters. The molecule has 3 heteroatoms. The molecule has 42 heavy (non-hydrogen) atoms. The first kappa shape index (κ1) is 30.5. The number of rotatable bonds is 5. The summed E-state index contributed by atoms with van der Waals surface area (Å²) in [4.78, 5) is 0. The van der Waals surface area contributed by atoms with Gasteiger partial charge in [0, 0.05) is 0 Å². The van der Waals surface area contributed by atoms with Gasteiger partial charge in [-0.3, -0.25) is 0 Å². The van der Waals surface area contributed by atoms with Gasteiger partial charge in [-0.15, -0.1) is 24.8 Å². The van der Waals surface area contributed by atoms with Crippen LogP contribution in [0.1, 0.15) is 69.9 Å². The van der Waals surface area contributed by atoms with E-state index >= 15 is 0 Å². The second kappa shape index (κ2) is 10.5. The first-order valence-electron chi connectivity index (χ1n) is 16.0. The van der Waals surface area contributed by atoms with Crippen molar-refractivity contribution in [1.82, 2.24) is 0 Å². The van der Waals surface area contributed by atoms with Crippen LogP contribution in [0.4, 0.5) is 0 Å². The Bertz CT molecular complexity index is 1640. The summed E-state index contributed by atoms with van der Waals surface area (Å²) in [5, 5.41) is 0. The molecule has 1 atom stereocenters. The van der Waals surface area contributed by atoms with Crippen LogP contribution in [0.3, 0.4) is 0 Å². The van der Waals surface area contributed by atoms with Crippen molar-refractivity contribution in [2.75, 3.05) is 0 Å². The van der Waals surface area contributed by atoms with Crippen LogP contribution in [0, 0.1) is 29.1 Å². The number of fused-ring (bicyclic) bond motifs is 3. The molecule has 6 aliphatic carbocycles. The van der Waals surface area contributed by atoms with Crippen LogP contribution in [0.2, 0.25) is 4.63 Å². The van der Waals surface area contributed by atoms with Gasteiger partial charge in [-0.25, -0.2) is 0 Å². The van der Waals surface area contributed by atoms with E-state index in [9.17, 15) is 0 Å². The first-order chi connectivity index (χ1) is 19.2. The van der Waals surface area contributed by atoms with Crippen molar-refractivity contribution in [1.29, 1.82) is 0 Å². The normalized spacial score (nSPS) is 29.0. The van der Waals surface area contributed by atoms with Crippen molar-refractivity contribution >= 4 is 35.6 Å². The molecular formula is C39H46Cl2Zr. The van der Waals surface area contributed by atoms with Crippen LogP contribution in [-0.4, -0.2) is 4.21 Å². The van der Waals surface area contributed by atoms with Gasteiger partial charge in [0.25, 0.3) is 0 Å². The number of halogens is 2. The molecule has 0 saturated heterocycles. The Balaban J connectivity index is 0.00000158. The maximum absolute atomic E-state index is 5.54. The summed E-state index contributed by atoms with van der Waals surface area (Å²) in [6.45, 7) is 4.99. The van der Waals surface area contributed by atoms with Gasteiger partial charge in [0.1, 0.15) is 0 Å². The number of benzene rings is 3. The summed E-state index contributed by atoms with van der Waals surface area (Å²) in [6.07, 6.45) is 14.1. The Morgan fingerprint density at radius 1 is 0.786 bits per heavy atom. The van der Waals surface area contributed by atoms with Gasteiger partial charge in [-0.1, -0.05) is 0 Å². The monoisotopic (exact) mass is 674 g/mol. The minimum atomic E-state index is -4.23.